The van der Waals surface area contributed by atoms with Crippen molar-refractivity contribution in [1.29, 1.82) is 0 Å². The molecular weight excluding hydrogens is 360 g/mol. The summed E-state index contributed by atoms with van der Waals surface area (Å²) in [4.78, 5) is 17.6. The van der Waals surface area contributed by atoms with Gasteiger partial charge in [-0.15, -0.1) is 0 Å². The molecule has 27 heavy (non-hydrogen) atoms. The van der Waals surface area contributed by atoms with Gasteiger partial charge in [-0.1, -0.05) is 37.5 Å². The first-order chi connectivity index (χ1) is 12.9. The molecule has 5 nitrogen and oxygen atoms in total. The highest BCUT2D eigenvalue weighted by Gasteiger charge is 2.39. The third kappa shape index (κ3) is 3.86. The lowest BCUT2D eigenvalue weighted by Crippen LogP contribution is -2.52. The second-order valence-electron chi connectivity index (χ2n) is 8.46. The summed E-state index contributed by atoms with van der Waals surface area (Å²) < 4.78 is 24.1. The van der Waals surface area contributed by atoms with Crippen LogP contribution in [0.15, 0.2) is 24.3 Å². The molecule has 2 heterocycles. The molecule has 0 spiro atoms. The van der Waals surface area contributed by atoms with Gasteiger partial charge in [0.15, 0.2) is 9.84 Å². The number of hydrogen-bond donors (Lipinski definition) is 0. The van der Waals surface area contributed by atoms with Gasteiger partial charge < -0.3 is 9.80 Å². The molecule has 148 valence electrons. The Morgan fingerprint density at radius 1 is 1.11 bits per heavy atom. The average molecular weight is 391 g/mol. The van der Waals surface area contributed by atoms with E-state index >= 15 is 0 Å². The molecule has 4 rings (SSSR count). The van der Waals surface area contributed by atoms with E-state index in [-0.39, 0.29) is 29.5 Å². The van der Waals surface area contributed by atoms with E-state index in [1.807, 2.05) is 11.0 Å². The van der Waals surface area contributed by atoms with Crippen LogP contribution in [-0.4, -0.2) is 55.4 Å². The maximum Gasteiger partial charge on any atom is 0.242 e. The molecule has 0 radical (unpaired) electrons. The number of carbonyl (C=O) groups is 1. The number of carbonyl (C=O) groups excluding carboxylic acids is 1. The van der Waals surface area contributed by atoms with Crippen molar-refractivity contribution in [2.24, 2.45) is 0 Å². The van der Waals surface area contributed by atoms with Crippen LogP contribution in [-0.2, 0) is 21.1 Å². The summed E-state index contributed by atoms with van der Waals surface area (Å²) in [5.74, 6) is 0.464. The largest absolute Gasteiger partial charge is 0.359 e. The van der Waals surface area contributed by atoms with Gasteiger partial charge in [-0.05, 0) is 44.2 Å². The lowest BCUT2D eigenvalue weighted by molar-refractivity contribution is -0.135. The Morgan fingerprint density at radius 3 is 2.56 bits per heavy atom. The zero-order chi connectivity index (χ0) is 19.0. The van der Waals surface area contributed by atoms with E-state index in [1.54, 1.807) is 0 Å². The van der Waals surface area contributed by atoms with E-state index in [1.165, 1.54) is 12.0 Å². The van der Waals surface area contributed by atoms with Crippen molar-refractivity contribution in [1.82, 2.24) is 4.90 Å². The molecule has 0 unspecified atom stereocenters. The highest BCUT2D eigenvalue weighted by atomic mass is 32.2. The molecule has 1 amide bonds. The molecule has 6 heteroatoms. The van der Waals surface area contributed by atoms with Gasteiger partial charge in [0.1, 0.15) is 0 Å². The Hall–Kier alpha value is -1.56. The SMILES string of the molecule is C[C@H]1Cc2ccccc2N1CC(=O)N(C1CCCCC1)[C@@H]1CCS(=O)(=O)C1. The fourth-order valence-electron chi connectivity index (χ4n) is 5.16. The molecule has 3 aliphatic rings. The molecule has 1 saturated heterocycles. The van der Waals surface area contributed by atoms with Crippen LogP contribution >= 0.6 is 0 Å². The van der Waals surface area contributed by atoms with Crippen LogP contribution in [0.1, 0.15) is 51.0 Å². The Bertz CT molecular complexity index is 801. The van der Waals surface area contributed by atoms with Gasteiger partial charge in [-0.2, -0.15) is 0 Å². The molecule has 1 aliphatic carbocycles. The summed E-state index contributed by atoms with van der Waals surface area (Å²) in [5, 5.41) is 0. The standard InChI is InChI=1S/C21H30N2O3S/c1-16-13-17-7-5-6-10-20(17)22(16)14-21(24)23(18-8-3-2-4-9-18)19-11-12-27(25,26)15-19/h5-7,10,16,18-19H,2-4,8-9,11-15H2,1H3/t16-,19+/m0/s1. The lowest BCUT2D eigenvalue weighted by Gasteiger charge is -2.39. The smallest absolute Gasteiger partial charge is 0.242 e. The quantitative estimate of drug-likeness (QED) is 0.793. The maximum atomic E-state index is 13.4. The molecule has 0 bridgehead atoms. The summed E-state index contributed by atoms with van der Waals surface area (Å²) >= 11 is 0. The van der Waals surface area contributed by atoms with Crippen molar-refractivity contribution in [2.45, 2.75) is 70.0 Å². The number of benzene rings is 1. The highest BCUT2D eigenvalue weighted by Crippen LogP contribution is 2.33. The molecule has 2 fully saturated rings. The van der Waals surface area contributed by atoms with Gasteiger partial charge in [0.2, 0.25) is 5.91 Å². The predicted octanol–water partition coefficient (Wildman–Crippen LogP) is 2.79. The first-order valence-electron chi connectivity index (χ1n) is 10.3. The minimum absolute atomic E-state index is 0.104. The van der Waals surface area contributed by atoms with E-state index in [9.17, 15) is 13.2 Å². The molecule has 1 saturated carbocycles. The number of fused-ring (bicyclic) bond motifs is 1. The zero-order valence-electron chi connectivity index (χ0n) is 16.1. The van der Waals surface area contributed by atoms with Crippen molar-refractivity contribution in [2.75, 3.05) is 23.0 Å². The van der Waals surface area contributed by atoms with E-state index < -0.39 is 9.84 Å². The van der Waals surface area contributed by atoms with Gasteiger partial charge in [-0.25, -0.2) is 8.42 Å². The Kier molecular flexibility index (Phi) is 5.19. The number of nitrogens with zero attached hydrogens (tertiary/aromatic N) is 2. The van der Waals surface area contributed by atoms with Gasteiger partial charge in [-0.3, -0.25) is 4.79 Å². The van der Waals surface area contributed by atoms with Crippen LogP contribution in [0, 0.1) is 0 Å². The normalized spacial score (nSPS) is 27.5. The number of amides is 1. The Labute approximate surface area is 162 Å². The Morgan fingerprint density at radius 2 is 1.85 bits per heavy atom. The van der Waals surface area contributed by atoms with Crippen LogP contribution in [0.3, 0.4) is 0 Å². The van der Waals surface area contributed by atoms with Crippen molar-refractivity contribution in [3.8, 4) is 0 Å². The summed E-state index contributed by atoms with van der Waals surface area (Å²) in [6, 6.07) is 8.67. The lowest BCUT2D eigenvalue weighted by atomic mass is 9.92. The van der Waals surface area contributed by atoms with Gasteiger partial charge in [0.05, 0.1) is 18.1 Å². The van der Waals surface area contributed by atoms with Crippen LogP contribution in [0.2, 0.25) is 0 Å². The third-order valence-corrected chi connectivity index (χ3v) is 8.26. The molecule has 0 aromatic heterocycles. The first-order valence-corrected chi connectivity index (χ1v) is 12.1. The fourth-order valence-corrected chi connectivity index (χ4v) is 6.87. The number of anilines is 1. The van der Waals surface area contributed by atoms with Crippen molar-refractivity contribution >= 4 is 21.4 Å². The van der Waals surface area contributed by atoms with Crippen molar-refractivity contribution in [3.05, 3.63) is 29.8 Å². The second kappa shape index (κ2) is 7.46. The first kappa shape index (κ1) is 18.8. The average Bonchev–Trinajstić information content (AvgIpc) is 3.15. The predicted molar refractivity (Wildman–Crippen MR) is 108 cm³/mol. The molecular formula is C21H30N2O3S. The minimum Gasteiger partial charge on any atom is -0.359 e. The van der Waals surface area contributed by atoms with Gasteiger partial charge in [0, 0.05) is 23.8 Å². The minimum atomic E-state index is -3.01. The van der Waals surface area contributed by atoms with Crippen LogP contribution in [0.25, 0.3) is 0 Å². The van der Waals surface area contributed by atoms with Gasteiger partial charge >= 0.3 is 0 Å². The zero-order valence-corrected chi connectivity index (χ0v) is 17.0. The summed E-state index contributed by atoms with van der Waals surface area (Å²) in [5.41, 5.74) is 2.45. The van der Waals surface area contributed by atoms with Gasteiger partial charge in [0.25, 0.3) is 0 Å². The maximum absolute atomic E-state index is 13.4. The van der Waals surface area contributed by atoms with E-state index in [0.29, 0.717) is 19.0 Å². The molecule has 1 aromatic carbocycles. The van der Waals surface area contributed by atoms with Crippen LogP contribution < -0.4 is 4.90 Å². The monoisotopic (exact) mass is 390 g/mol. The Balaban J connectivity index is 1.55. The van der Waals surface area contributed by atoms with E-state index in [0.717, 1.165) is 37.8 Å². The molecule has 2 aliphatic heterocycles. The van der Waals surface area contributed by atoms with E-state index in [2.05, 4.69) is 30.0 Å². The number of rotatable bonds is 4. The summed E-state index contributed by atoms with van der Waals surface area (Å²) in [6.45, 7) is 2.52. The van der Waals surface area contributed by atoms with Crippen molar-refractivity contribution in [3.63, 3.8) is 0 Å². The summed E-state index contributed by atoms with van der Waals surface area (Å²) in [7, 11) is -3.01. The fraction of sp³-hybridized carbons (Fsp3) is 0.667. The third-order valence-electron chi connectivity index (χ3n) is 6.51. The number of para-hydroxylation sites is 1. The second-order valence-corrected chi connectivity index (χ2v) is 10.7. The number of hydrogen-bond acceptors (Lipinski definition) is 4. The summed E-state index contributed by atoms with van der Waals surface area (Å²) in [6.07, 6.45) is 7.07. The van der Waals surface area contributed by atoms with Crippen molar-refractivity contribution < 1.29 is 13.2 Å². The molecule has 2 atom stereocenters. The van der Waals surface area contributed by atoms with Crippen LogP contribution in [0.5, 0.6) is 0 Å². The van der Waals surface area contributed by atoms with E-state index in [4.69, 9.17) is 0 Å². The number of sulfone groups is 1. The topological polar surface area (TPSA) is 57.7 Å². The molecule has 1 aromatic rings. The molecule has 0 N–H and O–H groups in total. The van der Waals surface area contributed by atoms with Crippen LogP contribution in [0.4, 0.5) is 5.69 Å². The highest BCUT2D eigenvalue weighted by molar-refractivity contribution is 7.91.